The first-order chi connectivity index (χ1) is 8.88. The molecule has 4 rings (SSSR count). The van der Waals surface area contributed by atoms with E-state index in [1.54, 1.807) is 0 Å². The molecule has 2 bridgehead atoms. The van der Waals surface area contributed by atoms with Crippen molar-refractivity contribution in [2.75, 3.05) is 24.8 Å². The first-order valence-corrected chi connectivity index (χ1v) is 6.79. The Kier molecular flexibility index (Phi) is 2.36. The highest BCUT2D eigenvalue weighted by Gasteiger charge is 2.30. The summed E-state index contributed by atoms with van der Waals surface area (Å²) in [7, 11) is 0. The summed E-state index contributed by atoms with van der Waals surface area (Å²) in [4.78, 5) is 2.48. The predicted octanol–water partition coefficient (Wildman–Crippen LogP) is 1.75. The van der Waals surface area contributed by atoms with E-state index in [0.29, 0.717) is 18.9 Å². The van der Waals surface area contributed by atoms with Gasteiger partial charge in [-0.2, -0.15) is 0 Å². The third-order valence-corrected chi connectivity index (χ3v) is 4.18. The lowest BCUT2D eigenvalue weighted by Crippen LogP contribution is -2.58. The van der Waals surface area contributed by atoms with Gasteiger partial charge in [0.2, 0.25) is 6.79 Å². The summed E-state index contributed by atoms with van der Waals surface area (Å²) >= 11 is 0. The first kappa shape index (κ1) is 10.5. The zero-order chi connectivity index (χ0) is 11.9. The molecule has 0 amide bonds. The average Bonchev–Trinajstić information content (AvgIpc) is 2.85. The Bertz CT molecular complexity index is 451. The highest BCUT2D eigenvalue weighted by atomic mass is 16.7. The quantitative estimate of drug-likeness (QED) is 0.818. The molecule has 1 aromatic carbocycles. The summed E-state index contributed by atoms with van der Waals surface area (Å²) in [6, 6.07) is 7.60. The van der Waals surface area contributed by atoms with E-state index in [-0.39, 0.29) is 0 Å². The summed E-state index contributed by atoms with van der Waals surface area (Å²) in [6.45, 7) is 2.57. The molecule has 1 aromatic rings. The van der Waals surface area contributed by atoms with Gasteiger partial charge in [-0.3, -0.25) is 0 Å². The van der Waals surface area contributed by atoms with Crippen LogP contribution in [0.15, 0.2) is 18.2 Å². The van der Waals surface area contributed by atoms with Gasteiger partial charge < -0.3 is 19.7 Å². The summed E-state index contributed by atoms with van der Waals surface area (Å²) < 4.78 is 10.8. The molecule has 3 aliphatic heterocycles. The minimum absolute atomic E-state index is 0.353. The normalized spacial score (nSPS) is 29.4. The van der Waals surface area contributed by atoms with Crippen molar-refractivity contribution in [3.05, 3.63) is 18.2 Å². The zero-order valence-electron chi connectivity index (χ0n) is 10.4. The molecule has 3 heterocycles. The van der Waals surface area contributed by atoms with Gasteiger partial charge in [0.1, 0.15) is 0 Å². The third kappa shape index (κ3) is 1.72. The van der Waals surface area contributed by atoms with Gasteiger partial charge in [-0.25, -0.2) is 0 Å². The number of nitrogens with one attached hydrogen (secondary N) is 1. The lowest BCUT2D eigenvalue weighted by molar-refractivity contribution is 0.174. The van der Waals surface area contributed by atoms with Crippen LogP contribution in [0.2, 0.25) is 0 Å². The van der Waals surface area contributed by atoms with Gasteiger partial charge in [0.15, 0.2) is 11.5 Å². The van der Waals surface area contributed by atoms with Gasteiger partial charge in [-0.1, -0.05) is 6.42 Å². The van der Waals surface area contributed by atoms with Crippen LogP contribution in [0.4, 0.5) is 5.69 Å². The minimum Gasteiger partial charge on any atom is -0.454 e. The lowest BCUT2D eigenvalue weighted by atomic mass is 9.94. The van der Waals surface area contributed by atoms with Crippen LogP contribution >= 0.6 is 0 Å². The van der Waals surface area contributed by atoms with Crippen molar-refractivity contribution >= 4 is 5.69 Å². The van der Waals surface area contributed by atoms with E-state index >= 15 is 0 Å². The molecular weight excluding hydrogens is 228 g/mol. The van der Waals surface area contributed by atoms with Crippen LogP contribution in [-0.2, 0) is 0 Å². The molecule has 2 unspecified atom stereocenters. The van der Waals surface area contributed by atoms with E-state index in [1.807, 2.05) is 6.07 Å². The second kappa shape index (κ2) is 4.05. The van der Waals surface area contributed by atoms with E-state index in [2.05, 4.69) is 22.3 Å². The summed E-state index contributed by atoms with van der Waals surface area (Å²) in [5, 5.41) is 3.71. The molecule has 1 N–H and O–H groups in total. The van der Waals surface area contributed by atoms with Gasteiger partial charge >= 0.3 is 0 Å². The minimum atomic E-state index is 0.353. The maximum Gasteiger partial charge on any atom is 0.231 e. The summed E-state index contributed by atoms with van der Waals surface area (Å²) in [5.41, 5.74) is 1.26. The molecule has 0 aromatic heterocycles. The number of hydrogen-bond donors (Lipinski definition) is 1. The topological polar surface area (TPSA) is 33.7 Å². The standard InChI is InChI=1S/C14H18N2O2/c1-2-10-7-16(8-11(3-1)15-10)12-4-5-13-14(6-12)18-9-17-13/h4-6,10-11,15H,1-3,7-9H2. The van der Waals surface area contributed by atoms with Crippen molar-refractivity contribution in [3.8, 4) is 11.5 Å². The van der Waals surface area contributed by atoms with Crippen molar-refractivity contribution in [2.45, 2.75) is 31.3 Å². The largest absolute Gasteiger partial charge is 0.454 e. The fraction of sp³-hybridized carbons (Fsp3) is 0.571. The highest BCUT2D eigenvalue weighted by molar-refractivity contribution is 5.57. The Morgan fingerprint density at radius 2 is 1.83 bits per heavy atom. The SMILES string of the molecule is c1cc2c(cc1N1CC3CCCC(C1)N3)OCO2. The number of anilines is 1. The Labute approximate surface area is 107 Å². The number of nitrogens with zero attached hydrogens (tertiary/aromatic N) is 1. The molecular formula is C14H18N2O2. The number of rotatable bonds is 1. The second-order valence-electron chi connectivity index (χ2n) is 5.43. The monoisotopic (exact) mass is 246 g/mol. The number of piperidine rings is 1. The fourth-order valence-corrected chi connectivity index (χ4v) is 3.30. The number of ether oxygens (including phenoxy) is 2. The van der Waals surface area contributed by atoms with E-state index < -0.39 is 0 Å². The first-order valence-electron chi connectivity index (χ1n) is 6.79. The molecule has 18 heavy (non-hydrogen) atoms. The molecule has 0 aliphatic carbocycles. The van der Waals surface area contributed by atoms with Crippen molar-refractivity contribution in [2.24, 2.45) is 0 Å². The predicted molar refractivity (Wildman–Crippen MR) is 69.3 cm³/mol. The maximum absolute atomic E-state index is 5.46. The molecule has 0 radical (unpaired) electrons. The molecule has 96 valence electrons. The van der Waals surface area contributed by atoms with E-state index in [4.69, 9.17) is 9.47 Å². The molecule has 4 heteroatoms. The second-order valence-corrected chi connectivity index (χ2v) is 5.43. The fourth-order valence-electron chi connectivity index (χ4n) is 3.30. The van der Waals surface area contributed by atoms with Crippen LogP contribution in [0.3, 0.4) is 0 Å². The number of hydrogen-bond acceptors (Lipinski definition) is 4. The maximum atomic E-state index is 5.46. The molecule has 2 atom stereocenters. The lowest BCUT2D eigenvalue weighted by Gasteiger charge is -2.43. The number of benzene rings is 1. The highest BCUT2D eigenvalue weighted by Crippen LogP contribution is 2.36. The smallest absolute Gasteiger partial charge is 0.231 e. The van der Waals surface area contributed by atoms with Crippen LogP contribution in [0.5, 0.6) is 11.5 Å². The molecule has 4 nitrogen and oxygen atoms in total. The number of piperazine rings is 1. The molecule has 0 spiro atoms. The Morgan fingerprint density at radius 1 is 1.06 bits per heavy atom. The van der Waals surface area contributed by atoms with Crippen LogP contribution in [0.25, 0.3) is 0 Å². The number of fused-ring (bicyclic) bond motifs is 3. The Morgan fingerprint density at radius 3 is 2.67 bits per heavy atom. The van der Waals surface area contributed by atoms with Gasteiger partial charge in [-0.05, 0) is 25.0 Å². The molecule has 0 saturated carbocycles. The third-order valence-electron chi connectivity index (χ3n) is 4.18. The van der Waals surface area contributed by atoms with Crippen molar-refractivity contribution in [1.82, 2.24) is 5.32 Å². The molecule has 2 saturated heterocycles. The van der Waals surface area contributed by atoms with E-state index in [0.717, 1.165) is 24.6 Å². The zero-order valence-corrected chi connectivity index (χ0v) is 10.4. The average molecular weight is 246 g/mol. The van der Waals surface area contributed by atoms with Crippen molar-refractivity contribution in [3.63, 3.8) is 0 Å². The van der Waals surface area contributed by atoms with Gasteiger partial charge in [-0.15, -0.1) is 0 Å². The van der Waals surface area contributed by atoms with Gasteiger partial charge in [0.25, 0.3) is 0 Å². The van der Waals surface area contributed by atoms with Crippen LogP contribution in [0.1, 0.15) is 19.3 Å². The van der Waals surface area contributed by atoms with Crippen LogP contribution < -0.4 is 19.7 Å². The van der Waals surface area contributed by atoms with Crippen molar-refractivity contribution in [1.29, 1.82) is 0 Å². The summed E-state index contributed by atoms with van der Waals surface area (Å²) in [6.07, 6.45) is 3.98. The molecule has 3 aliphatic rings. The van der Waals surface area contributed by atoms with E-state index in [9.17, 15) is 0 Å². The van der Waals surface area contributed by atoms with Gasteiger partial charge in [0.05, 0.1) is 0 Å². The van der Waals surface area contributed by atoms with Crippen molar-refractivity contribution < 1.29 is 9.47 Å². The van der Waals surface area contributed by atoms with Gasteiger partial charge in [0, 0.05) is 36.9 Å². The van der Waals surface area contributed by atoms with Crippen LogP contribution in [-0.4, -0.2) is 32.0 Å². The molecule has 2 fully saturated rings. The summed E-state index contributed by atoms with van der Waals surface area (Å²) in [5.74, 6) is 1.75. The Balaban J connectivity index is 1.59. The van der Waals surface area contributed by atoms with E-state index in [1.165, 1.54) is 24.9 Å². The Hall–Kier alpha value is -1.42. The van der Waals surface area contributed by atoms with Crippen LogP contribution in [0, 0.1) is 0 Å².